The Hall–Kier alpha value is -1.01. The van der Waals surface area contributed by atoms with Gasteiger partial charge in [0.2, 0.25) is 11.8 Å². The number of hydrogen-bond acceptors (Lipinski definition) is 4. The average molecular weight is 336 g/mol. The van der Waals surface area contributed by atoms with E-state index in [2.05, 4.69) is 11.4 Å². The maximum Gasteiger partial charge on any atom is 0.246 e. The van der Waals surface area contributed by atoms with Crippen LogP contribution in [0.4, 0.5) is 0 Å². The zero-order valence-electron chi connectivity index (χ0n) is 12.5. The maximum absolute atomic E-state index is 12.9. The summed E-state index contributed by atoms with van der Waals surface area (Å²) >= 11 is 3.49. The van der Waals surface area contributed by atoms with Crippen LogP contribution in [-0.4, -0.2) is 45.8 Å². The molecule has 2 aliphatic heterocycles. The number of hydrogen-bond donors (Lipinski definition) is 0. The lowest BCUT2D eigenvalue weighted by molar-refractivity contribution is -0.147. The molecular weight excluding hydrogens is 316 g/mol. The molecular formula is C16H20N2O2S2. The monoisotopic (exact) mass is 336 g/mol. The summed E-state index contributed by atoms with van der Waals surface area (Å²) in [6.07, 6.45) is 4.12. The van der Waals surface area contributed by atoms with Crippen molar-refractivity contribution in [2.24, 2.45) is 5.92 Å². The van der Waals surface area contributed by atoms with Crippen LogP contribution in [0, 0.1) is 5.92 Å². The van der Waals surface area contributed by atoms with Gasteiger partial charge < -0.3 is 9.80 Å². The molecule has 1 saturated heterocycles. The van der Waals surface area contributed by atoms with E-state index in [0.717, 1.165) is 38.0 Å². The van der Waals surface area contributed by atoms with Gasteiger partial charge in [-0.3, -0.25) is 9.59 Å². The summed E-state index contributed by atoms with van der Waals surface area (Å²) in [6, 6.07) is 1.89. The van der Waals surface area contributed by atoms with Crippen molar-refractivity contribution in [3.8, 4) is 0 Å². The van der Waals surface area contributed by atoms with E-state index in [1.807, 2.05) is 9.80 Å². The van der Waals surface area contributed by atoms with Crippen LogP contribution in [0.2, 0.25) is 0 Å². The van der Waals surface area contributed by atoms with Crippen molar-refractivity contribution >= 4 is 34.9 Å². The van der Waals surface area contributed by atoms with Crippen molar-refractivity contribution < 1.29 is 9.59 Å². The van der Waals surface area contributed by atoms with Crippen LogP contribution < -0.4 is 0 Å². The van der Waals surface area contributed by atoms with E-state index in [4.69, 9.17) is 0 Å². The Morgan fingerprint density at radius 2 is 2.09 bits per heavy atom. The van der Waals surface area contributed by atoms with Crippen LogP contribution >= 0.6 is 23.1 Å². The van der Waals surface area contributed by atoms with E-state index in [-0.39, 0.29) is 23.8 Å². The van der Waals surface area contributed by atoms with Gasteiger partial charge in [0.1, 0.15) is 6.04 Å². The Balaban J connectivity index is 1.46. The summed E-state index contributed by atoms with van der Waals surface area (Å²) in [7, 11) is 0. The summed E-state index contributed by atoms with van der Waals surface area (Å²) in [5.74, 6) is 1.98. The first kappa shape index (κ1) is 14.6. The molecule has 1 saturated carbocycles. The predicted octanol–water partition coefficient (Wildman–Crippen LogP) is 2.33. The van der Waals surface area contributed by atoms with Gasteiger partial charge in [0.25, 0.3) is 0 Å². The standard InChI is InChI=1S/C16H20N2O2S2/c19-15(11-2-1-3-11)18-10-21-9-13(18)16(20)17-6-4-14-12(8-17)5-7-22-14/h5,7,11,13H,1-4,6,8-10H2/t13-/m0/s1. The molecule has 4 nitrogen and oxygen atoms in total. The minimum atomic E-state index is -0.238. The van der Waals surface area contributed by atoms with Gasteiger partial charge in [-0.05, 0) is 36.3 Å². The molecule has 0 spiro atoms. The lowest BCUT2D eigenvalue weighted by Crippen LogP contribution is -2.51. The molecule has 118 valence electrons. The van der Waals surface area contributed by atoms with Gasteiger partial charge in [0, 0.05) is 29.6 Å². The fraction of sp³-hybridized carbons (Fsp3) is 0.625. The largest absolute Gasteiger partial charge is 0.336 e. The molecule has 22 heavy (non-hydrogen) atoms. The maximum atomic E-state index is 12.9. The second kappa shape index (κ2) is 5.89. The van der Waals surface area contributed by atoms with E-state index in [1.54, 1.807) is 23.1 Å². The summed E-state index contributed by atoms with van der Waals surface area (Å²) in [5.41, 5.74) is 1.28. The predicted molar refractivity (Wildman–Crippen MR) is 88.7 cm³/mol. The van der Waals surface area contributed by atoms with Gasteiger partial charge in [0.05, 0.1) is 5.88 Å². The van der Waals surface area contributed by atoms with E-state index >= 15 is 0 Å². The van der Waals surface area contributed by atoms with Crippen molar-refractivity contribution in [1.82, 2.24) is 9.80 Å². The fourth-order valence-corrected chi connectivity index (χ4v) is 5.45. The van der Waals surface area contributed by atoms with Crippen LogP contribution in [0.25, 0.3) is 0 Å². The molecule has 1 aliphatic carbocycles. The first-order chi connectivity index (χ1) is 10.7. The van der Waals surface area contributed by atoms with Gasteiger partial charge >= 0.3 is 0 Å². The molecule has 3 heterocycles. The molecule has 1 aromatic heterocycles. The van der Waals surface area contributed by atoms with Crippen LogP contribution in [-0.2, 0) is 22.6 Å². The zero-order chi connectivity index (χ0) is 15.1. The Morgan fingerprint density at radius 1 is 1.23 bits per heavy atom. The SMILES string of the molecule is O=C([C@@H]1CSCN1C(=O)C1CCC1)N1CCc2sccc2C1. The Kier molecular flexibility index (Phi) is 3.90. The van der Waals surface area contributed by atoms with Crippen molar-refractivity contribution in [1.29, 1.82) is 0 Å². The number of rotatable bonds is 2. The van der Waals surface area contributed by atoms with Crippen LogP contribution in [0.3, 0.4) is 0 Å². The summed E-state index contributed by atoms with van der Waals surface area (Å²) < 4.78 is 0. The van der Waals surface area contributed by atoms with Crippen LogP contribution in [0.5, 0.6) is 0 Å². The molecule has 1 atom stereocenters. The Morgan fingerprint density at radius 3 is 2.86 bits per heavy atom. The van der Waals surface area contributed by atoms with Crippen LogP contribution in [0.15, 0.2) is 11.4 Å². The van der Waals surface area contributed by atoms with E-state index in [9.17, 15) is 9.59 Å². The number of carbonyl (C=O) groups is 2. The molecule has 0 bridgehead atoms. The highest BCUT2D eigenvalue weighted by atomic mass is 32.2. The first-order valence-electron chi connectivity index (χ1n) is 7.96. The van der Waals surface area contributed by atoms with Gasteiger partial charge in [-0.2, -0.15) is 0 Å². The third kappa shape index (κ3) is 2.46. The topological polar surface area (TPSA) is 40.6 Å². The third-order valence-corrected chi connectivity index (χ3v) is 7.06. The number of carbonyl (C=O) groups excluding carboxylic acids is 2. The van der Waals surface area contributed by atoms with Crippen molar-refractivity contribution in [3.05, 3.63) is 21.9 Å². The van der Waals surface area contributed by atoms with Crippen molar-refractivity contribution in [2.75, 3.05) is 18.2 Å². The van der Waals surface area contributed by atoms with Gasteiger partial charge in [0.15, 0.2) is 0 Å². The average Bonchev–Trinajstić information content (AvgIpc) is 3.12. The Labute approximate surface area is 138 Å². The second-order valence-electron chi connectivity index (χ2n) is 6.33. The zero-order valence-corrected chi connectivity index (χ0v) is 14.1. The van der Waals surface area contributed by atoms with E-state index in [1.165, 1.54) is 10.4 Å². The number of fused-ring (bicyclic) bond motifs is 1. The molecule has 6 heteroatoms. The van der Waals surface area contributed by atoms with Gasteiger partial charge in [-0.1, -0.05) is 6.42 Å². The molecule has 2 fully saturated rings. The molecule has 0 N–H and O–H groups in total. The number of thioether (sulfide) groups is 1. The molecule has 0 aromatic carbocycles. The number of thiophene rings is 1. The summed E-state index contributed by atoms with van der Waals surface area (Å²) in [4.78, 5) is 30.6. The van der Waals surface area contributed by atoms with Gasteiger partial charge in [-0.25, -0.2) is 0 Å². The van der Waals surface area contributed by atoms with Crippen LogP contribution in [0.1, 0.15) is 29.7 Å². The molecule has 1 aromatic rings. The second-order valence-corrected chi connectivity index (χ2v) is 8.33. The highest BCUT2D eigenvalue weighted by Crippen LogP contribution is 2.33. The lowest BCUT2D eigenvalue weighted by atomic mass is 9.84. The molecule has 4 rings (SSSR count). The lowest BCUT2D eigenvalue weighted by Gasteiger charge is -2.35. The summed E-state index contributed by atoms with van der Waals surface area (Å²) in [6.45, 7) is 1.50. The quantitative estimate of drug-likeness (QED) is 0.832. The molecule has 0 unspecified atom stereocenters. The van der Waals surface area contributed by atoms with Gasteiger partial charge in [-0.15, -0.1) is 23.1 Å². The highest BCUT2D eigenvalue weighted by Gasteiger charge is 2.41. The first-order valence-corrected chi connectivity index (χ1v) is 10.00. The molecule has 2 amide bonds. The van der Waals surface area contributed by atoms with Crippen molar-refractivity contribution in [3.63, 3.8) is 0 Å². The summed E-state index contributed by atoms with van der Waals surface area (Å²) in [5, 5.41) is 2.11. The molecule has 3 aliphatic rings. The third-order valence-electron chi connectivity index (χ3n) is 5.02. The smallest absolute Gasteiger partial charge is 0.246 e. The Bertz CT molecular complexity index is 597. The fourth-order valence-electron chi connectivity index (χ4n) is 3.40. The van der Waals surface area contributed by atoms with E-state index < -0.39 is 0 Å². The number of amides is 2. The number of nitrogens with zero attached hydrogens (tertiary/aromatic N) is 2. The van der Waals surface area contributed by atoms with E-state index in [0.29, 0.717) is 12.4 Å². The highest BCUT2D eigenvalue weighted by molar-refractivity contribution is 7.99. The minimum Gasteiger partial charge on any atom is -0.336 e. The molecule has 0 radical (unpaired) electrons. The minimum absolute atomic E-state index is 0.148. The normalized spacial score (nSPS) is 25.0. The van der Waals surface area contributed by atoms with Crippen molar-refractivity contribution in [2.45, 2.75) is 38.3 Å².